The number of rotatable bonds is 7. The molecule has 0 aromatic rings. The molecule has 0 saturated heterocycles. The van der Waals surface area contributed by atoms with E-state index in [1.54, 1.807) is 6.08 Å². The van der Waals surface area contributed by atoms with Crippen LogP contribution in [0.3, 0.4) is 0 Å². The van der Waals surface area contributed by atoms with Gasteiger partial charge in [0.15, 0.2) is 0 Å². The summed E-state index contributed by atoms with van der Waals surface area (Å²) in [7, 11) is -2.73. The molecule has 0 spiro atoms. The van der Waals surface area contributed by atoms with Crippen LogP contribution >= 0.6 is 7.82 Å². The van der Waals surface area contributed by atoms with Crippen molar-refractivity contribution in [2.45, 2.75) is 0 Å². The number of ether oxygens (including phenoxy) is 1. The summed E-state index contributed by atoms with van der Waals surface area (Å²) < 4.78 is 24.2. The zero-order chi connectivity index (χ0) is 9.45. The topological polar surface area (TPSA) is 65.0 Å². The second kappa shape index (κ2) is 6.34. The minimum atomic E-state index is -3.83. The molecule has 12 heavy (non-hydrogen) atoms. The summed E-state index contributed by atoms with van der Waals surface area (Å²) in [4.78, 5) is 8.72. The Labute approximate surface area is 71.6 Å². The molecule has 0 amide bonds. The fraction of sp³-hybridized carbons (Fsp3) is 0.667. The number of hydrogen-bond acceptors (Lipinski definition) is 4. The lowest BCUT2D eigenvalue weighted by Crippen LogP contribution is -2.03. The molecule has 1 atom stereocenters. The molecule has 72 valence electrons. The van der Waals surface area contributed by atoms with Gasteiger partial charge in [-0.25, -0.2) is 4.57 Å². The Balaban J connectivity index is 3.31. The van der Waals surface area contributed by atoms with Crippen molar-refractivity contribution in [3.63, 3.8) is 0 Å². The van der Waals surface area contributed by atoms with Crippen LogP contribution in [0.25, 0.3) is 0 Å². The Bertz CT molecular complexity index is 169. The van der Waals surface area contributed by atoms with Gasteiger partial charge in [-0.2, -0.15) is 0 Å². The summed E-state index contributed by atoms with van der Waals surface area (Å²) in [5.74, 6) is 0. The normalized spacial score (nSPS) is 15.5. The van der Waals surface area contributed by atoms with E-state index in [1.165, 1.54) is 0 Å². The van der Waals surface area contributed by atoms with Crippen molar-refractivity contribution in [1.82, 2.24) is 0 Å². The van der Waals surface area contributed by atoms with Crippen molar-refractivity contribution < 1.29 is 23.2 Å². The molecule has 6 heteroatoms. The molecule has 0 aliphatic heterocycles. The average molecular weight is 196 g/mol. The largest absolute Gasteiger partial charge is 0.471 e. The summed E-state index contributed by atoms with van der Waals surface area (Å²) in [6.45, 7) is 4.08. The van der Waals surface area contributed by atoms with Crippen molar-refractivity contribution in [1.29, 1.82) is 0 Å². The number of hydrogen-bond donors (Lipinski definition) is 1. The van der Waals surface area contributed by atoms with Crippen LogP contribution in [-0.2, 0) is 18.3 Å². The maximum absolute atomic E-state index is 10.7. The molecule has 0 radical (unpaired) electrons. The highest BCUT2D eigenvalue weighted by Gasteiger charge is 2.17. The highest BCUT2D eigenvalue weighted by Crippen LogP contribution is 2.41. The van der Waals surface area contributed by atoms with Gasteiger partial charge in [0.1, 0.15) is 0 Å². The van der Waals surface area contributed by atoms with Gasteiger partial charge in [-0.1, -0.05) is 6.08 Å². The highest BCUT2D eigenvalue weighted by molar-refractivity contribution is 7.47. The summed E-state index contributed by atoms with van der Waals surface area (Å²) in [5, 5.41) is 0. The van der Waals surface area contributed by atoms with Gasteiger partial charge in [0, 0.05) is 7.11 Å². The van der Waals surface area contributed by atoms with E-state index < -0.39 is 7.82 Å². The Morgan fingerprint density at radius 2 is 2.25 bits per heavy atom. The summed E-state index contributed by atoms with van der Waals surface area (Å²) in [6.07, 6.45) is 1.58. The predicted molar refractivity (Wildman–Crippen MR) is 43.8 cm³/mol. The predicted octanol–water partition coefficient (Wildman–Crippen LogP) is 0.952. The van der Waals surface area contributed by atoms with Crippen molar-refractivity contribution in [3.05, 3.63) is 12.7 Å². The lowest BCUT2D eigenvalue weighted by molar-refractivity contribution is 0.0961. The molecular weight excluding hydrogens is 183 g/mol. The first-order valence-electron chi connectivity index (χ1n) is 3.34. The fourth-order valence-corrected chi connectivity index (χ4v) is 0.842. The van der Waals surface area contributed by atoms with Gasteiger partial charge in [0.2, 0.25) is 0 Å². The van der Waals surface area contributed by atoms with E-state index in [9.17, 15) is 4.57 Å². The van der Waals surface area contributed by atoms with E-state index in [2.05, 4.69) is 15.6 Å². The lowest BCUT2D eigenvalue weighted by Gasteiger charge is -2.08. The Kier molecular flexibility index (Phi) is 6.24. The van der Waals surface area contributed by atoms with Gasteiger partial charge in [0.05, 0.1) is 19.8 Å². The van der Waals surface area contributed by atoms with E-state index >= 15 is 0 Å². The molecule has 0 aliphatic rings. The Morgan fingerprint density at radius 3 is 2.75 bits per heavy atom. The molecule has 0 aliphatic carbocycles. The van der Waals surface area contributed by atoms with E-state index in [-0.39, 0.29) is 13.2 Å². The van der Waals surface area contributed by atoms with Crippen LogP contribution in [0.1, 0.15) is 0 Å². The number of phosphoric ester groups is 1. The number of phosphoric acid groups is 1. The SMILES string of the molecule is C=CCOCCOP(=O)(O)OC. The zero-order valence-electron chi connectivity index (χ0n) is 6.93. The van der Waals surface area contributed by atoms with Gasteiger partial charge in [-0.05, 0) is 0 Å². The van der Waals surface area contributed by atoms with Gasteiger partial charge in [0.25, 0.3) is 0 Å². The van der Waals surface area contributed by atoms with Gasteiger partial charge in [-0.15, -0.1) is 6.58 Å². The lowest BCUT2D eigenvalue weighted by atomic mass is 10.7. The first kappa shape index (κ1) is 11.8. The molecular formula is C6H13O5P. The third-order valence-corrected chi connectivity index (χ3v) is 1.92. The molecule has 0 bridgehead atoms. The maximum Gasteiger partial charge on any atom is 0.471 e. The zero-order valence-corrected chi connectivity index (χ0v) is 7.83. The van der Waals surface area contributed by atoms with Crippen LogP contribution in [0.5, 0.6) is 0 Å². The fourth-order valence-electron chi connectivity index (χ4n) is 0.431. The van der Waals surface area contributed by atoms with Crippen molar-refractivity contribution >= 4 is 7.82 Å². The molecule has 0 rings (SSSR count). The molecule has 0 aromatic heterocycles. The standard InChI is InChI=1S/C6H13O5P/c1-3-4-10-5-6-11-12(7,8)9-2/h3H,1,4-6H2,2H3,(H,7,8). The monoisotopic (exact) mass is 196 g/mol. The molecule has 5 nitrogen and oxygen atoms in total. The highest BCUT2D eigenvalue weighted by atomic mass is 31.2. The summed E-state index contributed by atoms with van der Waals surface area (Å²) in [5.41, 5.74) is 0. The van der Waals surface area contributed by atoms with E-state index in [0.717, 1.165) is 7.11 Å². The van der Waals surface area contributed by atoms with Crippen LogP contribution in [0, 0.1) is 0 Å². The minimum Gasteiger partial charge on any atom is -0.375 e. The van der Waals surface area contributed by atoms with Crippen LogP contribution in [0.4, 0.5) is 0 Å². The molecule has 0 fully saturated rings. The maximum atomic E-state index is 10.7. The van der Waals surface area contributed by atoms with Crippen molar-refractivity contribution in [2.75, 3.05) is 26.9 Å². The third kappa shape index (κ3) is 6.52. The van der Waals surface area contributed by atoms with Crippen LogP contribution in [-0.4, -0.2) is 31.8 Å². The molecule has 1 N–H and O–H groups in total. The van der Waals surface area contributed by atoms with Gasteiger partial charge >= 0.3 is 7.82 Å². The molecule has 0 heterocycles. The van der Waals surface area contributed by atoms with Gasteiger partial charge in [-0.3, -0.25) is 9.05 Å². The van der Waals surface area contributed by atoms with E-state index in [0.29, 0.717) is 6.61 Å². The molecule has 0 saturated carbocycles. The second-order valence-corrected chi connectivity index (χ2v) is 3.41. The summed E-state index contributed by atoms with van der Waals surface area (Å²) in [6, 6.07) is 0. The third-order valence-electron chi connectivity index (χ3n) is 0.949. The van der Waals surface area contributed by atoms with E-state index in [1.807, 2.05) is 0 Å². The van der Waals surface area contributed by atoms with Crippen LogP contribution < -0.4 is 0 Å². The first-order chi connectivity index (χ1) is 5.62. The quantitative estimate of drug-likeness (QED) is 0.373. The van der Waals surface area contributed by atoms with Crippen LogP contribution in [0.15, 0.2) is 12.7 Å². The Hall–Kier alpha value is -0.190. The summed E-state index contributed by atoms with van der Waals surface area (Å²) >= 11 is 0. The smallest absolute Gasteiger partial charge is 0.375 e. The Morgan fingerprint density at radius 1 is 1.58 bits per heavy atom. The molecule has 1 unspecified atom stereocenters. The van der Waals surface area contributed by atoms with E-state index in [4.69, 9.17) is 9.63 Å². The van der Waals surface area contributed by atoms with Crippen molar-refractivity contribution in [2.24, 2.45) is 0 Å². The minimum absolute atomic E-state index is 0.0233. The molecule has 0 aromatic carbocycles. The second-order valence-electron chi connectivity index (χ2n) is 1.85. The van der Waals surface area contributed by atoms with Crippen LogP contribution in [0.2, 0.25) is 0 Å². The average Bonchev–Trinajstić information content (AvgIpc) is 2.04. The van der Waals surface area contributed by atoms with Crippen molar-refractivity contribution in [3.8, 4) is 0 Å². The first-order valence-corrected chi connectivity index (χ1v) is 4.83. The van der Waals surface area contributed by atoms with Gasteiger partial charge < -0.3 is 9.63 Å².